The van der Waals surface area contributed by atoms with Gasteiger partial charge in [-0.1, -0.05) is 6.08 Å². The molecule has 3 N–H and O–H groups in total. The van der Waals surface area contributed by atoms with Crippen molar-refractivity contribution in [3.8, 4) is 0 Å². The van der Waals surface area contributed by atoms with Gasteiger partial charge in [-0.2, -0.15) is 13.2 Å². The maximum Gasteiger partial charge on any atom is 0.422 e. The fourth-order valence-corrected chi connectivity index (χ4v) is 2.37. The van der Waals surface area contributed by atoms with E-state index in [-0.39, 0.29) is 18.4 Å². The summed E-state index contributed by atoms with van der Waals surface area (Å²) < 4.78 is 49.3. The fraction of sp³-hybridized carbons (Fsp3) is 0.818. The van der Waals surface area contributed by atoms with Crippen molar-refractivity contribution in [1.82, 2.24) is 0 Å². The van der Waals surface area contributed by atoms with Gasteiger partial charge >= 0.3 is 6.18 Å². The molecule has 1 saturated heterocycles. The van der Waals surface area contributed by atoms with E-state index in [1.807, 2.05) is 0 Å². The highest BCUT2D eigenvalue weighted by Gasteiger charge is 2.56. The van der Waals surface area contributed by atoms with E-state index in [0.717, 1.165) is 0 Å². The van der Waals surface area contributed by atoms with E-state index < -0.39 is 24.1 Å². The topological polar surface area (TPSA) is 64.7 Å². The summed E-state index contributed by atoms with van der Waals surface area (Å²) >= 11 is 0. The largest absolute Gasteiger partial charge is 0.422 e. The highest BCUT2D eigenvalue weighted by molar-refractivity contribution is 5.24. The highest BCUT2D eigenvalue weighted by atomic mass is 19.4. The van der Waals surface area contributed by atoms with Crippen molar-refractivity contribution in [2.24, 2.45) is 5.73 Å². The van der Waals surface area contributed by atoms with E-state index in [0.29, 0.717) is 19.6 Å². The smallest absolute Gasteiger partial charge is 0.376 e. The van der Waals surface area contributed by atoms with Crippen LogP contribution in [0.15, 0.2) is 11.6 Å². The van der Waals surface area contributed by atoms with Crippen molar-refractivity contribution in [2.75, 3.05) is 19.8 Å². The van der Waals surface area contributed by atoms with Crippen LogP contribution in [-0.4, -0.2) is 42.4 Å². The second kappa shape index (κ2) is 4.48. The molecule has 0 aromatic carbocycles. The van der Waals surface area contributed by atoms with Crippen molar-refractivity contribution < 1.29 is 27.8 Å². The number of hydrogen-bond acceptors (Lipinski definition) is 4. The third-order valence-electron chi connectivity index (χ3n) is 3.54. The van der Waals surface area contributed by atoms with Crippen molar-refractivity contribution in [1.29, 1.82) is 0 Å². The molecular formula is C11H16F3NO3. The Bertz CT molecular complexity index is 350. The van der Waals surface area contributed by atoms with Gasteiger partial charge in [0.15, 0.2) is 11.4 Å². The average molecular weight is 267 g/mol. The maximum absolute atomic E-state index is 12.8. The van der Waals surface area contributed by atoms with Gasteiger partial charge in [-0.25, -0.2) is 0 Å². The number of alkyl halides is 3. The monoisotopic (exact) mass is 267 g/mol. The first-order valence-corrected chi connectivity index (χ1v) is 5.80. The Morgan fingerprint density at radius 2 is 1.94 bits per heavy atom. The molecule has 0 saturated carbocycles. The summed E-state index contributed by atoms with van der Waals surface area (Å²) in [6.07, 6.45) is -2.85. The van der Waals surface area contributed by atoms with E-state index in [1.165, 1.54) is 6.08 Å². The van der Waals surface area contributed by atoms with Crippen LogP contribution >= 0.6 is 0 Å². The molecule has 0 aromatic heterocycles. The van der Waals surface area contributed by atoms with E-state index in [1.54, 1.807) is 0 Å². The van der Waals surface area contributed by atoms with Gasteiger partial charge in [0.1, 0.15) is 0 Å². The van der Waals surface area contributed by atoms with Crippen molar-refractivity contribution in [2.45, 2.75) is 36.8 Å². The van der Waals surface area contributed by atoms with Gasteiger partial charge in [0.05, 0.1) is 13.2 Å². The molecule has 0 aromatic rings. The number of hydrogen-bond donors (Lipinski definition) is 2. The van der Waals surface area contributed by atoms with Crippen molar-refractivity contribution >= 4 is 0 Å². The lowest BCUT2D eigenvalue weighted by Gasteiger charge is -2.37. The SMILES string of the molecule is NCC(O)(C1=CCC2(CC1)OCCO2)C(F)(F)F. The predicted octanol–water partition coefficient (Wildman–Crippen LogP) is 1.09. The van der Waals surface area contributed by atoms with E-state index >= 15 is 0 Å². The van der Waals surface area contributed by atoms with Gasteiger partial charge in [-0.15, -0.1) is 0 Å². The maximum atomic E-state index is 12.8. The Morgan fingerprint density at radius 3 is 2.33 bits per heavy atom. The summed E-state index contributed by atoms with van der Waals surface area (Å²) in [4.78, 5) is 0. The molecule has 1 heterocycles. The Balaban J connectivity index is 2.17. The Kier molecular flexibility index (Phi) is 3.44. The summed E-state index contributed by atoms with van der Waals surface area (Å²) in [6, 6.07) is 0. The Morgan fingerprint density at radius 1 is 1.33 bits per heavy atom. The second-order valence-electron chi connectivity index (χ2n) is 4.60. The van der Waals surface area contributed by atoms with E-state index in [2.05, 4.69) is 0 Å². The number of aliphatic hydroxyl groups is 1. The molecule has 1 aliphatic heterocycles. The lowest BCUT2D eigenvalue weighted by molar-refractivity contribution is -0.243. The van der Waals surface area contributed by atoms with Gasteiger partial charge in [0.2, 0.25) is 0 Å². The first-order valence-electron chi connectivity index (χ1n) is 5.80. The molecule has 1 unspecified atom stereocenters. The molecule has 2 aliphatic rings. The zero-order valence-electron chi connectivity index (χ0n) is 9.79. The zero-order chi connectivity index (χ0) is 13.4. The van der Waals surface area contributed by atoms with Crippen LogP contribution in [0.5, 0.6) is 0 Å². The molecule has 104 valence electrons. The third kappa shape index (κ3) is 2.16. The van der Waals surface area contributed by atoms with Crippen molar-refractivity contribution in [3.05, 3.63) is 11.6 Å². The fourth-order valence-electron chi connectivity index (χ4n) is 2.37. The summed E-state index contributed by atoms with van der Waals surface area (Å²) in [5, 5.41) is 9.71. The van der Waals surface area contributed by atoms with Gasteiger partial charge in [0.25, 0.3) is 0 Å². The normalized spacial score (nSPS) is 27.1. The van der Waals surface area contributed by atoms with Crippen LogP contribution in [0, 0.1) is 0 Å². The molecule has 2 rings (SSSR count). The minimum absolute atomic E-state index is 0.0627. The van der Waals surface area contributed by atoms with Gasteiger partial charge in [-0.05, 0) is 12.0 Å². The van der Waals surface area contributed by atoms with Gasteiger partial charge in [0, 0.05) is 19.4 Å². The second-order valence-corrected chi connectivity index (χ2v) is 4.60. The number of ether oxygens (including phenoxy) is 2. The van der Waals surface area contributed by atoms with Crippen LogP contribution in [0.1, 0.15) is 19.3 Å². The lowest BCUT2D eigenvalue weighted by Crippen LogP contribution is -2.53. The molecule has 0 bridgehead atoms. The number of nitrogens with two attached hydrogens (primary N) is 1. The molecule has 1 atom stereocenters. The van der Waals surface area contributed by atoms with Gasteiger partial charge in [-0.3, -0.25) is 0 Å². The molecule has 7 heteroatoms. The summed E-state index contributed by atoms with van der Waals surface area (Å²) in [5.74, 6) is -0.801. The minimum atomic E-state index is -4.77. The minimum Gasteiger partial charge on any atom is -0.376 e. The van der Waals surface area contributed by atoms with E-state index in [4.69, 9.17) is 15.2 Å². The van der Waals surface area contributed by atoms with Crippen LogP contribution < -0.4 is 5.73 Å². The van der Waals surface area contributed by atoms with Crippen LogP contribution in [0.2, 0.25) is 0 Å². The molecule has 4 nitrogen and oxygen atoms in total. The summed E-state index contributed by atoms with van der Waals surface area (Å²) in [6.45, 7) is 0.0181. The molecule has 0 amide bonds. The van der Waals surface area contributed by atoms with Crippen LogP contribution in [0.3, 0.4) is 0 Å². The zero-order valence-corrected chi connectivity index (χ0v) is 9.79. The van der Waals surface area contributed by atoms with Crippen LogP contribution in [-0.2, 0) is 9.47 Å². The lowest BCUT2D eigenvalue weighted by atomic mass is 9.82. The average Bonchev–Trinajstić information content (AvgIpc) is 2.76. The van der Waals surface area contributed by atoms with Crippen molar-refractivity contribution in [3.63, 3.8) is 0 Å². The molecule has 1 aliphatic carbocycles. The van der Waals surface area contributed by atoms with Crippen LogP contribution in [0.4, 0.5) is 13.2 Å². The first kappa shape index (κ1) is 13.8. The third-order valence-corrected chi connectivity index (χ3v) is 3.54. The standard InChI is InChI=1S/C11H16F3NO3/c12-11(13,14)10(16,7-15)8-1-3-9(4-2-8)17-5-6-18-9/h1,16H,2-7,15H2. The molecular weight excluding hydrogens is 251 g/mol. The number of rotatable bonds is 2. The summed E-state index contributed by atoms with van der Waals surface area (Å²) in [5.41, 5.74) is 2.06. The first-order chi connectivity index (χ1) is 8.33. The Labute approximate surface area is 103 Å². The van der Waals surface area contributed by atoms with E-state index in [9.17, 15) is 18.3 Å². The molecule has 1 spiro atoms. The summed E-state index contributed by atoms with van der Waals surface area (Å²) in [7, 11) is 0. The molecule has 0 radical (unpaired) electrons. The molecule has 18 heavy (non-hydrogen) atoms. The molecule has 1 fully saturated rings. The predicted molar refractivity (Wildman–Crippen MR) is 56.6 cm³/mol. The number of halogens is 3. The Hall–Kier alpha value is -0.630. The quantitative estimate of drug-likeness (QED) is 0.735. The highest BCUT2D eigenvalue weighted by Crippen LogP contribution is 2.43. The van der Waals surface area contributed by atoms with Gasteiger partial charge < -0.3 is 20.3 Å². The van der Waals surface area contributed by atoms with Crippen LogP contribution in [0.25, 0.3) is 0 Å².